The van der Waals surface area contributed by atoms with Crippen LogP contribution in [0.25, 0.3) is 0 Å². The van der Waals surface area contributed by atoms with Crippen molar-refractivity contribution in [1.29, 1.82) is 0 Å². The van der Waals surface area contributed by atoms with E-state index in [1.807, 2.05) is 30.3 Å². The molecular formula is C15H12ClIO2S. The summed E-state index contributed by atoms with van der Waals surface area (Å²) in [5, 5.41) is 0.733. The number of carbonyl (C=O) groups excluding carboxylic acids is 1. The molecule has 0 aliphatic carbocycles. The van der Waals surface area contributed by atoms with Crippen LogP contribution in [-0.4, -0.2) is 12.6 Å². The van der Waals surface area contributed by atoms with Crippen LogP contribution in [0.1, 0.15) is 17.3 Å². The highest BCUT2D eigenvalue weighted by atomic mass is 127. The number of carbonyl (C=O) groups is 1. The zero-order valence-electron chi connectivity index (χ0n) is 10.7. The van der Waals surface area contributed by atoms with E-state index >= 15 is 0 Å². The number of ether oxygens (including phenoxy) is 1. The third-order valence-corrected chi connectivity index (χ3v) is 4.67. The molecule has 2 aromatic carbocycles. The lowest BCUT2D eigenvalue weighted by Crippen LogP contribution is -2.03. The van der Waals surface area contributed by atoms with Gasteiger partial charge in [0.1, 0.15) is 0 Å². The maximum atomic E-state index is 11.6. The molecule has 2 rings (SSSR count). The quantitative estimate of drug-likeness (QED) is 0.500. The van der Waals surface area contributed by atoms with Gasteiger partial charge in [-0.05, 0) is 72.0 Å². The van der Waals surface area contributed by atoms with E-state index in [4.69, 9.17) is 16.3 Å². The molecule has 0 saturated heterocycles. The molecule has 0 unspecified atom stereocenters. The normalized spacial score (nSPS) is 10.3. The second kappa shape index (κ2) is 7.33. The van der Waals surface area contributed by atoms with Crippen molar-refractivity contribution < 1.29 is 9.53 Å². The average molecular weight is 419 g/mol. The molecule has 0 N–H and O–H groups in total. The molecule has 2 nitrogen and oxygen atoms in total. The summed E-state index contributed by atoms with van der Waals surface area (Å²) in [4.78, 5) is 13.6. The first-order chi connectivity index (χ1) is 9.60. The van der Waals surface area contributed by atoms with Crippen LogP contribution in [0.4, 0.5) is 0 Å². The van der Waals surface area contributed by atoms with Gasteiger partial charge < -0.3 is 4.74 Å². The number of hydrogen-bond donors (Lipinski definition) is 0. The van der Waals surface area contributed by atoms with E-state index in [1.54, 1.807) is 30.8 Å². The highest BCUT2D eigenvalue weighted by Crippen LogP contribution is 2.34. The molecular weight excluding hydrogens is 407 g/mol. The Morgan fingerprint density at radius 3 is 2.55 bits per heavy atom. The Labute approximate surface area is 141 Å². The van der Waals surface area contributed by atoms with Gasteiger partial charge in [-0.1, -0.05) is 23.4 Å². The topological polar surface area (TPSA) is 26.3 Å². The molecule has 0 radical (unpaired) electrons. The lowest BCUT2D eigenvalue weighted by molar-refractivity contribution is 0.0526. The maximum Gasteiger partial charge on any atom is 0.338 e. The predicted molar refractivity (Wildman–Crippen MR) is 90.7 cm³/mol. The molecule has 0 atom stereocenters. The first-order valence-electron chi connectivity index (χ1n) is 6.00. The summed E-state index contributed by atoms with van der Waals surface area (Å²) in [7, 11) is 0. The smallest absolute Gasteiger partial charge is 0.338 e. The summed E-state index contributed by atoms with van der Waals surface area (Å²) < 4.78 is 6.06. The van der Waals surface area contributed by atoms with Crippen LogP contribution in [-0.2, 0) is 4.74 Å². The molecule has 5 heteroatoms. The van der Waals surface area contributed by atoms with E-state index in [2.05, 4.69) is 22.6 Å². The molecule has 20 heavy (non-hydrogen) atoms. The van der Waals surface area contributed by atoms with E-state index in [0.717, 1.165) is 18.4 Å². The van der Waals surface area contributed by atoms with Gasteiger partial charge in [-0.25, -0.2) is 4.79 Å². The number of esters is 1. The van der Waals surface area contributed by atoms with Crippen LogP contribution in [0, 0.1) is 3.57 Å². The molecule has 0 aliphatic rings. The minimum atomic E-state index is -0.295. The molecule has 0 heterocycles. The van der Waals surface area contributed by atoms with E-state index in [1.165, 1.54) is 0 Å². The molecule has 0 aromatic heterocycles. The zero-order chi connectivity index (χ0) is 14.5. The molecule has 2 aromatic rings. The number of rotatable bonds is 4. The first kappa shape index (κ1) is 15.7. The van der Waals surface area contributed by atoms with Gasteiger partial charge in [-0.3, -0.25) is 0 Å². The van der Waals surface area contributed by atoms with Gasteiger partial charge in [0.15, 0.2) is 0 Å². The van der Waals surface area contributed by atoms with Crippen molar-refractivity contribution >= 4 is 51.9 Å². The summed E-state index contributed by atoms with van der Waals surface area (Å²) >= 11 is 10.00. The van der Waals surface area contributed by atoms with Crippen LogP contribution in [0.2, 0.25) is 5.02 Å². The van der Waals surface area contributed by atoms with E-state index < -0.39 is 0 Å². The van der Waals surface area contributed by atoms with Gasteiger partial charge in [0, 0.05) is 13.4 Å². The van der Waals surface area contributed by atoms with E-state index in [0.29, 0.717) is 12.2 Å². The molecule has 104 valence electrons. The van der Waals surface area contributed by atoms with Gasteiger partial charge in [0.25, 0.3) is 0 Å². The van der Waals surface area contributed by atoms with Gasteiger partial charge in [0.05, 0.1) is 17.2 Å². The Kier molecular flexibility index (Phi) is 5.74. The number of benzene rings is 2. The van der Waals surface area contributed by atoms with Crippen LogP contribution in [0.3, 0.4) is 0 Å². The van der Waals surface area contributed by atoms with Gasteiger partial charge in [0.2, 0.25) is 0 Å². The van der Waals surface area contributed by atoms with E-state index in [-0.39, 0.29) is 5.97 Å². The summed E-state index contributed by atoms with van der Waals surface area (Å²) in [6, 6.07) is 13.3. The Hall–Kier alpha value is -0.720. The molecule has 0 aliphatic heterocycles. The second-order valence-electron chi connectivity index (χ2n) is 3.92. The molecule has 0 spiro atoms. The summed E-state index contributed by atoms with van der Waals surface area (Å²) in [6.45, 7) is 2.18. The zero-order valence-corrected chi connectivity index (χ0v) is 14.5. The van der Waals surface area contributed by atoms with Crippen LogP contribution in [0.15, 0.2) is 52.3 Å². The standard InChI is InChI=1S/C15H12ClIO2S/c1-2-19-15(18)10-3-6-12(7-4-10)20-14-8-5-11(17)9-13(14)16/h3-9H,2H2,1H3. The summed E-state index contributed by atoms with van der Waals surface area (Å²) in [5.74, 6) is -0.295. The highest BCUT2D eigenvalue weighted by molar-refractivity contribution is 14.1. The van der Waals surface area contributed by atoms with Crippen molar-refractivity contribution in [1.82, 2.24) is 0 Å². The molecule has 0 bridgehead atoms. The van der Waals surface area contributed by atoms with Crippen molar-refractivity contribution in [3.8, 4) is 0 Å². The third kappa shape index (κ3) is 4.14. The van der Waals surface area contributed by atoms with Crippen LogP contribution >= 0.6 is 46.0 Å². The fraction of sp³-hybridized carbons (Fsp3) is 0.133. The monoisotopic (exact) mass is 418 g/mol. The molecule has 0 fully saturated rings. The minimum absolute atomic E-state index is 0.295. The third-order valence-electron chi connectivity index (χ3n) is 2.49. The minimum Gasteiger partial charge on any atom is -0.462 e. The Balaban J connectivity index is 2.12. The first-order valence-corrected chi connectivity index (χ1v) is 8.27. The number of halogens is 2. The summed E-state index contributed by atoms with van der Waals surface area (Å²) in [6.07, 6.45) is 0. The van der Waals surface area contributed by atoms with Crippen molar-refractivity contribution in [2.24, 2.45) is 0 Å². The molecule has 0 amide bonds. The Morgan fingerprint density at radius 2 is 1.95 bits per heavy atom. The van der Waals surface area contributed by atoms with Crippen molar-refractivity contribution in [2.75, 3.05) is 6.61 Å². The fourth-order valence-corrected chi connectivity index (χ4v) is 3.35. The lowest BCUT2D eigenvalue weighted by atomic mass is 10.2. The van der Waals surface area contributed by atoms with Crippen LogP contribution in [0.5, 0.6) is 0 Å². The predicted octanol–water partition coefficient (Wildman–Crippen LogP) is 5.27. The van der Waals surface area contributed by atoms with Crippen molar-refractivity contribution in [2.45, 2.75) is 16.7 Å². The van der Waals surface area contributed by atoms with Gasteiger partial charge in [-0.15, -0.1) is 0 Å². The Morgan fingerprint density at radius 1 is 1.25 bits per heavy atom. The van der Waals surface area contributed by atoms with Gasteiger partial charge >= 0.3 is 5.97 Å². The Bertz CT molecular complexity index is 614. The number of hydrogen-bond acceptors (Lipinski definition) is 3. The largest absolute Gasteiger partial charge is 0.462 e. The SMILES string of the molecule is CCOC(=O)c1ccc(Sc2ccc(I)cc2Cl)cc1. The average Bonchev–Trinajstić information content (AvgIpc) is 2.43. The molecule has 0 saturated carbocycles. The summed E-state index contributed by atoms with van der Waals surface area (Å²) in [5.41, 5.74) is 0.560. The second-order valence-corrected chi connectivity index (χ2v) is 6.69. The fourth-order valence-electron chi connectivity index (χ4n) is 1.56. The highest BCUT2D eigenvalue weighted by Gasteiger charge is 2.07. The van der Waals surface area contributed by atoms with Crippen LogP contribution < -0.4 is 0 Å². The van der Waals surface area contributed by atoms with Crippen molar-refractivity contribution in [3.05, 3.63) is 56.6 Å². The van der Waals surface area contributed by atoms with E-state index in [9.17, 15) is 4.79 Å². The van der Waals surface area contributed by atoms with Gasteiger partial charge in [-0.2, -0.15) is 0 Å². The van der Waals surface area contributed by atoms with Crippen molar-refractivity contribution in [3.63, 3.8) is 0 Å². The maximum absolute atomic E-state index is 11.6. The lowest BCUT2D eigenvalue weighted by Gasteiger charge is -2.06.